The van der Waals surface area contributed by atoms with Crippen molar-refractivity contribution in [2.24, 2.45) is 5.92 Å². The number of alkyl halides is 1. The number of ketones is 1. The summed E-state index contributed by atoms with van der Waals surface area (Å²) in [5.41, 5.74) is 1.21. The van der Waals surface area contributed by atoms with Crippen LogP contribution in [0.4, 0.5) is 14.9 Å². The molecular weight excluding hydrogens is 535 g/mol. The SMILES string of the molecule is [2H]C([2H])([2H])C([2H])([2H])OC(=O)[C@@H](CC(=O)[C@H](Cc1ccc(N(CCC)CCCl)cc1)NC(=O)OC(C)(C)C)Cc1ccc(F)cc1. The summed E-state index contributed by atoms with van der Waals surface area (Å²) in [6, 6.07) is 11.3. The number of hydrogen-bond donors (Lipinski definition) is 1. The molecule has 220 valence electrons. The fourth-order valence-electron chi connectivity index (χ4n) is 4.18. The van der Waals surface area contributed by atoms with E-state index < -0.39 is 61.1 Å². The Bertz CT molecular complexity index is 1270. The molecule has 7 nitrogen and oxygen atoms in total. The second-order valence-electron chi connectivity index (χ2n) is 10.5. The molecule has 0 aliphatic rings. The standard InChI is InChI=1S/C31H42ClFN2O5/c1-6-17-35(18-16-32)26-14-10-23(11-15-26)20-27(34-30(38)40-31(3,4)5)28(36)21-24(29(37)39-7-2)19-22-8-12-25(33)13-9-22/h8-15,24,27H,6-7,16-21H2,1-5H3,(H,34,38)/t24-,27+/m1/s1/i2D3,7D2. The van der Waals surface area contributed by atoms with Crippen LogP contribution < -0.4 is 10.2 Å². The van der Waals surface area contributed by atoms with Crippen molar-refractivity contribution in [1.82, 2.24) is 5.32 Å². The molecule has 2 atom stereocenters. The molecule has 0 saturated heterocycles. The maximum absolute atomic E-state index is 13.8. The van der Waals surface area contributed by atoms with Crippen LogP contribution in [0.15, 0.2) is 48.5 Å². The summed E-state index contributed by atoms with van der Waals surface area (Å²) in [4.78, 5) is 41.8. The minimum atomic E-state index is -3.32. The van der Waals surface area contributed by atoms with Gasteiger partial charge in [0, 0.05) is 35.2 Å². The number of nitrogens with zero attached hydrogens (tertiary/aromatic N) is 1. The highest BCUT2D eigenvalue weighted by Crippen LogP contribution is 2.20. The van der Waals surface area contributed by atoms with E-state index >= 15 is 0 Å². The number of rotatable bonds is 15. The van der Waals surface area contributed by atoms with Crippen LogP contribution in [-0.2, 0) is 31.9 Å². The Kier molecular flexibility index (Phi) is 10.5. The molecule has 0 unspecified atom stereocenters. The van der Waals surface area contributed by atoms with Crippen LogP contribution in [0, 0.1) is 11.7 Å². The maximum atomic E-state index is 13.8. The van der Waals surface area contributed by atoms with Crippen molar-refractivity contribution < 1.29 is 35.1 Å². The second-order valence-corrected chi connectivity index (χ2v) is 10.8. The first-order valence-electron chi connectivity index (χ1n) is 15.7. The second kappa shape index (κ2) is 16.2. The number of hydrogen-bond acceptors (Lipinski definition) is 6. The number of carbonyl (C=O) groups excluding carboxylic acids is 3. The zero-order chi connectivity index (χ0) is 34.0. The first-order chi connectivity index (χ1) is 20.8. The van der Waals surface area contributed by atoms with Gasteiger partial charge < -0.3 is 19.7 Å². The van der Waals surface area contributed by atoms with E-state index in [0.29, 0.717) is 23.6 Å². The summed E-state index contributed by atoms with van der Waals surface area (Å²) in [6.45, 7) is 1.91. The predicted octanol–water partition coefficient (Wildman–Crippen LogP) is 6.10. The molecule has 0 fully saturated rings. The van der Waals surface area contributed by atoms with E-state index in [9.17, 15) is 18.8 Å². The third kappa shape index (κ3) is 11.5. The van der Waals surface area contributed by atoms with E-state index in [2.05, 4.69) is 17.1 Å². The Labute approximate surface area is 249 Å². The molecule has 2 rings (SSSR count). The maximum Gasteiger partial charge on any atom is 0.408 e. The smallest absolute Gasteiger partial charge is 0.408 e. The zero-order valence-corrected chi connectivity index (χ0v) is 24.2. The van der Waals surface area contributed by atoms with Gasteiger partial charge in [-0.25, -0.2) is 9.18 Å². The number of ether oxygens (including phenoxy) is 2. The van der Waals surface area contributed by atoms with Crippen LogP contribution >= 0.6 is 11.6 Å². The highest BCUT2D eigenvalue weighted by Gasteiger charge is 2.30. The molecule has 2 aromatic carbocycles. The molecule has 0 aromatic heterocycles. The third-order valence-electron chi connectivity index (χ3n) is 6.00. The van der Waals surface area contributed by atoms with E-state index in [1.54, 1.807) is 20.8 Å². The van der Waals surface area contributed by atoms with E-state index in [1.807, 2.05) is 24.3 Å². The summed E-state index contributed by atoms with van der Waals surface area (Å²) >= 11 is 5.96. The lowest BCUT2D eigenvalue weighted by molar-refractivity contribution is -0.149. The fraction of sp³-hybridized carbons (Fsp3) is 0.516. The number of esters is 1. The molecule has 40 heavy (non-hydrogen) atoms. The monoisotopic (exact) mass is 581 g/mol. The van der Waals surface area contributed by atoms with Gasteiger partial charge >= 0.3 is 12.1 Å². The van der Waals surface area contributed by atoms with Crippen molar-refractivity contribution in [3.63, 3.8) is 0 Å². The molecule has 0 bridgehead atoms. The zero-order valence-electron chi connectivity index (χ0n) is 28.5. The van der Waals surface area contributed by atoms with E-state index in [-0.39, 0.29) is 12.8 Å². The minimum absolute atomic E-state index is 0.0378. The Hall–Kier alpha value is -3.13. The normalized spacial score (nSPS) is 15.3. The molecule has 1 amide bonds. The Morgan fingerprint density at radius 3 is 2.25 bits per heavy atom. The van der Waals surface area contributed by atoms with Gasteiger partial charge in [0.2, 0.25) is 0 Å². The van der Waals surface area contributed by atoms with Gasteiger partial charge in [-0.1, -0.05) is 31.2 Å². The number of halogens is 2. The van der Waals surface area contributed by atoms with Crippen LogP contribution in [0.3, 0.4) is 0 Å². The molecule has 1 N–H and O–H groups in total. The van der Waals surface area contributed by atoms with Crippen molar-refractivity contribution >= 4 is 35.1 Å². The summed E-state index contributed by atoms with van der Waals surface area (Å²) in [7, 11) is 0. The van der Waals surface area contributed by atoms with Gasteiger partial charge in [0.25, 0.3) is 0 Å². The lowest BCUT2D eigenvalue weighted by Crippen LogP contribution is -2.45. The van der Waals surface area contributed by atoms with Crippen LogP contribution in [0.2, 0.25) is 0 Å². The van der Waals surface area contributed by atoms with Crippen LogP contribution in [0.5, 0.6) is 0 Å². The van der Waals surface area contributed by atoms with Crippen LogP contribution in [-0.4, -0.2) is 55.0 Å². The van der Waals surface area contributed by atoms with Crippen molar-refractivity contribution in [2.45, 2.75) is 71.9 Å². The molecule has 0 aliphatic carbocycles. The van der Waals surface area contributed by atoms with Crippen molar-refractivity contribution in [3.05, 3.63) is 65.5 Å². The van der Waals surface area contributed by atoms with Gasteiger partial charge in [-0.3, -0.25) is 9.59 Å². The Balaban J connectivity index is 2.38. The number of anilines is 1. The van der Waals surface area contributed by atoms with Gasteiger partial charge in [-0.2, -0.15) is 0 Å². The molecule has 9 heteroatoms. The highest BCUT2D eigenvalue weighted by atomic mass is 35.5. The third-order valence-corrected chi connectivity index (χ3v) is 6.17. The van der Waals surface area contributed by atoms with Gasteiger partial charge in [-0.05, 0) is 82.3 Å². The van der Waals surface area contributed by atoms with Crippen molar-refractivity contribution in [1.29, 1.82) is 0 Å². The predicted molar refractivity (Wildman–Crippen MR) is 156 cm³/mol. The first-order valence-corrected chi connectivity index (χ1v) is 13.8. The van der Waals surface area contributed by atoms with E-state index in [1.165, 1.54) is 12.1 Å². The molecule has 0 heterocycles. The number of alkyl carbamates (subject to hydrolysis) is 1. The van der Waals surface area contributed by atoms with Crippen LogP contribution in [0.1, 0.15) is 65.4 Å². The Morgan fingerprint density at radius 2 is 1.68 bits per heavy atom. The lowest BCUT2D eigenvalue weighted by atomic mass is 9.90. The molecule has 2 aromatic rings. The van der Waals surface area contributed by atoms with Gasteiger partial charge in [0.15, 0.2) is 5.78 Å². The average molecular weight is 582 g/mol. The highest BCUT2D eigenvalue weighted by molar-refractivity contribution is 6.18. The average Bonchev–Trinajstić information content (AvgIpc) is 2.92. The van der Waals surface area contributed by atoms with Crippen molar-refractivity contribution in [3.8, 4) is 0 Å². The molecule has 0 spiro atoms. The minimum Gasteiger partial charge on any atom is -0.466 e. The molecular formula is C31H42ClFN2O5. The molecule has 0 saturated carbocycles. The van der Waals surface area contributed by atoms with Gasteiger partial charge in [0.1, 0.15) is 11.4 Å². The van der Waals surface area contributed by atoms with Gasteiger partial charge in [0.05, 0.1) is 21.3 Å². The molecule has 0 radical (unpaired) electrons. The van der Waals surface area contributed by atoms with E-state index in [0.717, 1.165) is 30.8 Å². The summed E-state index contributed by atoms with van der Waals surface area (Å²) in [6.07, 6.45) is -0.610. The Morgan fingerprint density at radius 1 is 1.05 bits per heavy atom. The largest absolute Gasteiger partial charge is 0.466 e. The number of nitrogens with one attached hydrogen (secondary N) is 1. The number of amides is 1. The number of Topliss-reactive ketones (excluding diaryl/α,β-unsaturated/α-hetero) is 1. The molecule has 0 aliphatic heterocycles. The number of carbonyl (C=O) groups is 3. The van der Waals surface area contributed by atoms with Gasteiger partial charge in [-0.15, -0.1) is 11.6 Å². The quantitative estimate of drug-likeness (QED) is 0.202. The summed E-state index contributed by atoms with van der Waals surface area (Å²) in [5, 5.41) is 2.58. The van der Waals surface area contributed by atoms with Crippen LogP contribution in [0.25, 0.3) is 0 Å². The lowest BCUT2D eigenvalue weighted by Gasteiger charge is -2.25. The van der Waals surface area contributed by atoms with Crippen molar-refractivity contribution in [2.75, 3.05) is 30.4 Å². The first kappa shape index (κ1) is 25.8. The summed E-state index contributed by atoms with van der Waals surface area (Å²) < 4.78 is 61.3. The fourth-order valence-corrected chi connectivity index (χ4v) is 4.38. The topological polar surface area (TPSA) is 84.9 Å². The number of benzene rings is 2. The van der Waals surface area contributed by atoms with E-state index in [4.69, 9.17) is 27.9 Å². The summed E-state index contributed by atoms with van der Waals surface area (Å²) in [5.74, 6) is -3.28.